The van der Waals surface area contributed by atoms with Gasteiger partial charge in [0, 0.05) is 25.2 Å². The molecular weight excluding hydrogens is 250 g/mol. The van der Waals surface area contributed by atoms with Crippen molar-refractivity contribution in [3.05, 3.63) is 17.0 Å². The lowest BCUT2D eigenvalue weighted by atomic mass is 10.1. The number of halogens is 1. The van der Waals surface area contributed by atoms with Gasteiger partial charge in [0.2, 0.25) is 0 Å². The quantitative estimate of drug-likeness (QED) is 0.612. The van der Waals surface area contributed by atoms with E-state index >= 15 is 0 Å². The standard InChI is InChI=1S/C13H22ClN3O/c1-10-12(11(2)17(3)16-10)13(18)15-9-7-5-4-6-8-14/h4-9H2,1-3H3,(H,15,18). The molecule has 0 atom stereocenters. The molecule has 1 aromatic rings. The van der Waals surface area contributed by atoms with Gasteiger partial charge in [-0.1, -0.05) is 12.8 Å². The van der Waals surface area contributed by atoms with Crippen LogP contribution in [0.15, 0.2) is 0 Å². The summed E-state index contributed by atoms with van der Waals surface area (Å²) in [6, 6.07) is 0. The highest BCUT2D eigenvalue weighted by Gasteiger charge is 2.16. The molecule has 18 heavy (non-hydrogen) atoms. The first-order valence-corrected chi connectivity index (χ1v) is 6.95. The van der Waals surface area contributed by atoms with Crippen molar-refractivity contribution >= 4 is 17.5 Å². The number of unbranched alkanes of at least 4 members (excludes halogenated alkanes) is 3. The Morgan fingerprint density at radius 3 is 2.50 bits per heavy atom. The predicted molar refractivity (Wildman–Crippen MR) is 74.2 cm³/mol. The molecule has 0 aliphatic rings. The van der Waals surface area contributed by atoms with E-state index in [9.17, 15) is 4.79 Å². The lowest BCUT2D eigenvalue weighted by Crippen LogP contribution is -2.25. The monoisotopic (exact) mass is 271 g/mol. The van der Waals surface area contributed by atoms with Gasteiger partial charge in [0.05, 0.1) is 11.3 Å². The first kappa shape index (κ1) is 15.0. The van der Waals surface area contributed by atoms with Crippen molar-refractivity contribution in [3.63, 3.8) is 0 Å². The van der Waals surface area contributed by atoms with Crippen LogP contribution in [0.25, 0.3) is 0 Å². The second-order valence-corrected chi connectivity index (χ2v) is 4.91. The fourth-order valence-electron chi connectivity index (χ4n) is 1.97. The molecule has 1 amide bonds. The number of hydrogen-bond acceptors (Lipinski definition) is 2. The minimum Gasteiger partial charge on any atom is -0.352 e. The van der Waals surface area contributed by atoms with E-state index in [0.717, 1.165) is 49.5 Å². The van der Waals surface area contributed by atoms with Gasteiger partial charge < -0.3 is 5.32 Å². The van der Waals surface area contributed by atoms with E-state index in [1.165, 1.54) is 0 Å². The van der Waals surface area contributed by atoms with Crippen molar-refractivity contribution in [1.29, 1.82) is 0 Å². The molecule has 1 heterocycles. The van der Waals surface area contributed by atoms with Crippen molar-refractivity contribution < 1.29 is 4.79 Å². The molecule has 5 heteroatoms. The van der Waals surface area contributed by atoms with Gasteiger partial charge in [-0.25, -0.2) is 0 Å². The van der Waals surface area contributed by atoms with Gasteiger partial charge in [0.25, 0.3) is 5.91 Å². The molecule has 102 valence electrons. The molecule has 0 unspecified atom stereocenters. The lowest BCUT2D eigenvalue weighted by Gasteiger charge is -2.05. The van der Waals surface area contributed by atoms with Crippen LogP contribution in [0.3, 0.4) is 0 Å². The van der Waals surface area contributed by atoms with Crippen LogP contribution in [-0.2, 0) is 7.05 Å². The molecule has 0 aromatic carbocycles. The van der Waals surface area contributed by atoms with E-state index < -0.39 is 0 Å². The summed E-state index contributed by atoms with van der Waals surface area (Å²) in [5, 5.41) is 7.19. The molecule has 1 N–H and O–H groups in total. The molecular formula is C13H22ClN3O. The van der Waals surface area contributed by atoms with Crippen LogP contribution in [0.5, 0.6) is 0 Å². The molecule has 0 aliphatic carbocycles. The minimum absolute atomic E-state index is 0.0181. The third-order valence-electron chi connectivity index (χ3n) is 3.08. The summed E-state index contributed by atoms with van der Waals surface area (Å²) in [6.45, 7) is 4.49. The Morgan fingerprint density at radius 2 is 1.94 bits per heavy atom. The zero-order valence-corrected chi connectivity index (χ0v) is 12.2. The summed E-state index contributed by atoms with van der Waals surface area (Å²) in [5.74, 6) is 0.705. The maximum Gasteiger partial charge on any atom is 0.255 e. The number of nitrogens with zero attached hydrogens (tertiary/aromatic N) is 2. The molecule has 0 aliphatic heterocycles. The molecule has 1 aromatic heterocycles. The Balaban J connectivity index is 2.37. The number of aryl methyl sites for hydroxylation is 2. The molecule has 0 saturated heterocycles. The average Bonchev–Trinajstić information content (AvgIpc) is 2.58. The van der Waals surface area contributed by atoms with Gasteiger partial charge in [0.1, 0.15) is 0 Å². The van der Waals surface area contributed by atoms with E-state index in [0.29, 0.717) is 5.56 Å². The molecule has 0 saturated carbocycles. The van der Waals surface area contributed by atoms with E-state index in [2.05, 4.69) is 10.4 Å². The fraction of sp³-hybridized carbons (Fsp3) is 0.692. The molecule has 0 bridgehead atoms. The summed E-state index contributed by atoms with van der Waals surface area (Å²) >= 11 is 5.60. The highest BCUT2D eigenvalue weighted by Crippen LogP contribution is 2.11. The Bertz CT molecular complexity index is 401. The van der Waals surface area contributed by atoms with Crippen LogP contribution < -0.4 is 5.32 Å². The third kappa shape index (κ3) is 4.02. The van der Waals surface area contributed by atoms with Crippen molar-refractivity contribution in [2.45, 2.75) is 39.5 Å². The Labute approximate surface area is 114 Å². The van der Waals surface area contributed by atoms with Crippen LogP contribution in [-0.4, -0.2) is 28.1 Å². The predicted octanol–water partition coefficient (Wildman–Crippen LogP) is 2.57. The largest absolute Gasteiger partial charge is 0.352 e. The summed E-state index contributed by atoms with van der Waals surface area (Å²) < 4.78 is 1.74. The van der Waals surface area contributed by atoms with E-state index in [4.69, 9.17) is 11.6 Å². The van der Waals surface area contributed by atoms with E-state index in [1.54, 1.807) is 4.68 Å². The lowest BCUT2D eigenvalue weighted by molar-refractivity contribution is 0.0951. The summed E-state index contributed by atoms with van der Waals surface area (Å²) in [5.41, 5.74) is 2.40. The molecule has 0 fully saturated rings. The zero-order valence-electron chi connectivity index (χ0n) is 11.4. The Hall–Kier alpha value is -1.03. The number of aromatic nitrogens is 2. The van der Waals surface area contributed by atoms with Crippen LogP contribution in [0.1, 0.15) is 47.4 Å². The number of carbonyl (C=O) groups excluding carboxylic acids is 1. The second-order valence-electron chi connectivity index (χ2n) is 4.53. The normalized spacial score (nSPS) is 10.7. The molecule has 0 spiro atoms. The summed E-state index contributed by atoms with van der Waals surface area (Å²) in [4.78, 5) is 12.0. The van der Waals surface area contributed by atoms with Crippen LogP contribution in [0, 0.1) is 13.8 Å². The summed E-state index contributed by atoms with van der Waals surface area (Å²) in [6.07, 6.45) is 4.29. The first-order valence-electron chi connectivity index (χ1n) is 6.42. The number of hydrogen-bond donors (Lipinski definition) is 1. The van der Waals surface area contributed by atoms with Crippen LogP contribution in [0.2, 0.25) is 0 Å². The summed E-state index contributed by atoms with van der Waals surface area (Å²) in [7, 11) is 1.85. The van der Waals surface area contributed by atoms with Crippen molar-refractivity contribution in [3.8, 4) is 0 Å². The van der Waals surface area contributed by atoms with Gasteiger partial charge in [-0.15, -0.1) is 11.6 Å². The smallest absolute Gasteiger partial charge is 0.255 e. The van der Waals surface area contributed by atoms with Gasteiger partial charge in [-0.05, 0) is 26.7 Å². The number of amides is 1. The maximum absolute atomic E-state index is 12.0. The number of nitrogens with one attached hydrogen (secondary N) is 1. The first-order chi connectivity index (χ1) is 8.57. The second kappa shape index (κ2) is 7.41. The SMILES string of the molecule is Cc1nn(C)c(C)c1C(=O)NCCCCCCCl. The van der Waals surface area contributed by atoms with Crippen LogP contribution >= 0.6 is 11.6 Å². The van der Waals surface area contributed by atoms with Crippen LogP contribution in [0.4, 0.5) is 0 Å². The van der Waals surface area contributed by atoms with Gasteiger partial charge >= 0.3 is 0 Å². The fourth-order valence-corrected chi connectivity index (χ4v) is 2.15. The Kier molecular flexibility index (Phi) is 6.19. The van der Waals surface area contributed by atoms with Crippen molar-refractivity contribution in [2.24, 2.45) is 7.05 Å². The van der Waals surface area contributed by atoms with E-state index in [1.807, 2.05) is 20.9 Å². The maximum atomic E-state index is 12.0. The molecule has 4 nitrogen and oxygen atoms in total. The van der Waals surface area contributed by atoms with Crippen molar-refractivity contribution in [1.82, 2.24) is 15.1 Å². The van der Waals surface area contributed by atoms with Crippen molar-refractivity contribution in [2.75, 3.05) is 12.4 Å². The number of alkyl halides is 1. The molecule has 1 rings (SSSR count). The average molecular weight is 272 g/mol. The number of carbonyl (C=O) groups is 1. The third-order valence-corrected chi connectivity index (χ3v) is 3.35. The number of rotatable bonds is 7. The highest BCUT2D eigenvalue weighted by molar-refractivity contribution is 6.17. The van der Waals surface area contributed by atoms with E-state index in [-0.39, 0.29) is 5.91 Å². The molecule has 0 radical (unpaired) electrons. The Morgan fingerprint density at radius 1 is 1.28 bits per heavy atom. The zero-order chi connectivity index (χ0) is 13.5. The minimum atomic E-state index is -0.0181. The van der Waals surface area contributed by atoms with Gasteiger partial charge in [-0.3, -0.25) is 9.48 Å². The van der Waals surface area contributed by atoms with Gasteiger partial charge in [0.15, 0.2) is 0 Å². The van der Waals surface area contributed by atoms with Gasteiger partial charge in [-0.2, -0.15) is 5.10 Å². The highest BCUT2D eigenvalue weighted by atomic mass is 35.5. The topological polar surface area (TPSA) is 46.9 Å².